The van der Waals surface area contributed by atoms with Gasteiger partial charge in [0.25, 0.3) is 0 Å². The highest BCUT2D eigenvalue weighted by atomic mass is 32.1. The lowest BCUT2D eigenvalue weighted by Crippen LogP contribution is -2.49. The molecule has 7 nitrogen and oxygen atoms in total. The van der Waals surface area contributed by atoms with Gasteiger partial charge in [-0.1, -0.05) is 31.0 Å². The Hall–Kier alpha value is -3.05. The summed E-state index contributed by atoms with van der Waals surface area (Å²) in [6.07, 6.45) is 3.24. The molecule has 8 heteroatoms. The van der Waals surface area contributed by atoms with E-state index in [4.69, 9.17) is 4.74 Å². The van der Waals surface area contributed by atoms with Crippen LogP contribution in [0.2, 0.25) is 0 Å². The van der Waals surface area contributed by atoms with Crippen molar-refractivity contribution < 1.29 is 19.4 Å². The molecule has 0 spiro atoms. The van der Waals surface area contributed by atoms with E-state index in [2.05, 4.69) is 16.7 Å². The monoisotopic (exact) mass is 427 g/mol. The van der Waals surface area contributed by atoms with Gasteiger partial charge in [-0.25, -0.2) is 4.79 Å². The highest BCUT2D eigenvalue weighted by molar-refractivity contribution is 7.09. The van der Waals surface area contributed by atoms with Crippen molar-refractivity contribution >= 4 is 23.3 Å². The Labute approximate surface area is 179 Å². The number of benzene rings is 1. The van der Waals surface area contributed by atoms with Crippen molar-refractivity contribution in [2.75, 3.05) is 6.61 Å². The van der Waals surface area contributed by atoms with Gasteiger partial charge < -0.3 is 20.5 Å². The van der Waals surface area contributed by atoms with E-state index in [-0.39, 0.29) is 24.3 Å². The second kappa shape index (κ2) is 10.6. The number of nitriles is 1. The van der Waals surface area contributed by atoms with Crippen molar-refractivity contribution in [3.63, 3.8) is 0 Å². The number of hydrogen-bond acceptors (Lipinski definition) is 6. The first kappa shape index (κ1) is 21.7. The third-order valence-corrected chi connectivity index (χ3v) is 6.12. The number of phenolic OH excluding ortho intramolecular Hbond substituents is 1. The Kier molecular flexibility index (Phi) is 7.69. The van der Waals surface area contributed by atoms with Gasteiger partial charge in [-0.15, -0.1) is 11.3 Å². The quantitative estimate of drug-likeness (QED) is 0.624. The molecule has 0 saturated heterocycles. The first-order valence-corrected chi connectivity index (χ1v) is 10.9. The summed E-state index contributed by atoms with van der Waals surface area (Å²) in [5, 5.41) is 26.6. The standard InChI is InChI=1S/C22H25N3O4S/c23-14-20(15-5-3-6-16(26)13-15)24-21(27)18-8-1-2-9-19(18)25-22(28)29-11-10-17-7-4-12-30-17/h3-7,12-13,18-20,26H,1-2,8-11H2,(H,24,27)(H,25,28)/t18-,19-,20?/m1/s1. The molecule has 2 amide bonds. The Morgan fingerprint density at radius 3 is 2.83 bits per heavy atom. The Morgan fingerprint density at radius 1 is 1.27 bits per heavy atom. The molecule has 0 aliphatic heterocycles. The highest BCUT2D eigenvalue weighted by Crippen LogP contribution is 2.26. The summed E-state index contributed by atoms with van der Waals surface area (Å²) < 4.78 is 5.28. The van der Waals surface area contributed by atoms with E-state index in [1.807, 2.05) is 17.5 Å². The van der Waals surface area contributed by atoms with Crippen molar-refractivity contribution in [1.29, 1.82) is 5.26 Å². The molecule has 3 atom stereocenters. The number of rotatable bonds is 7. The van der Waals surface area contributed by atoms with Crippen LogP contribution in [0.25, 0.3) is 0 Å². The molecule has 1 aromatic heterocycles. The summed E-state index contributed by atoms with van der Waals surface area (Å²) in [7, 11) is 0. The minimum atomic E-state index is -0.870. The molecule has 1 saturated carbocycles. The van der Waals surface area contributed by atoms with E-state index < -0.39 is 18.1 Å². The minimum Gasteiger partial charge on any atom is -0.508 e. The molecule has 1 aromatic carbocycles. The van der Waals surface area contributed by atoms with Crippen LogP contribution in [0.1, 0.15) is 42.2 Å². The molecule has 30 heavy (non-hydrogen) atoms. The van der Waals surface area contributed by atoms with E-state index >= 15 is 0 Å². The van der Waals surface area contributed by atoms with E-state index in [1.54, 1.807) is 23.5 Å². The molecule has 1 heterocycles. The average molecular weight is 428 g/mol. The van der Waals surface area contributed by atoms with Gasteiger partial charge in [-0.2, -0.15) is 5.26 Å². The maximum absolute atomic E-state index is 12.9. The number of nitrogens with zero attached hydrogens (tertiary/aromatic N) is 1. The lowest BCUT2D eigenvalue weighted by molar-refractivity contribution is -0.127. The van der Waals surface area contributed by atoms with Crippen LogP contribution >= 0.6 is 11.3 Å². The normalized spacial score (nSPS) is 19.3. The van der Waals surface area contributed by atoms with Crippen LogP contribution in [-0.4, -0.2) is 29.8 Å². The zero-order valence-electron chi connectivity index (χ0n) is 16.5. The van der Waals surface area contributed by atoms with Crippen molar-refractivity contribution in [3.8, 4) is 11.8 Å². The molecule has 158 valence electrons. The smallest absolute Gasteiger partial charge is 0.407 e. The van der Waals surface area contributed by atoms with Crippen LogP contribution in [0.3, 0.4) is 0 Å². The molecule has 1 aliphatic carbocycles. The molecular formula is C22H25N3O4S. The van der Waals surface area contributed by atoms with Crippen molar-refractivity contribution in [2.24, 2.45) is 5.92 Å². The second-order valence-electron chi connectivity index (χ2n) is 7.27. The van der Waals surface area contributed by atoms with Crippen LogP contribution in [0.15, 0.2) is 41.8 Å². The number of hydrogen-bond donors (Lipinski definition) is 3. The van der Waals surface area contributed by atoms with Gasteiger partial charge in [0.2, 0.25) is 5.91 Å². The maximum Gasteiger partial charge on any atom is 0.407 e. The van der Waals surface area contributed by atoms with E-state index in [1.165, 1.54) is 12.1 Å². The maximum atomic E-state index is 12.9. The van der Waals surface area contributed by atoms with Gasteiger partial charge in [-0.05, 0) is 42.0 Å². The summed E-state index contributed by atoms with van der Waals surface area (Å²) in [5.74, 6) is -0.685. The fraction of sp³-hybridized carbons (Fsp3) is 0.409. The van der Waals surface area contributed by atoms with Gasteiger partial charge in [-0.3, -0.25) is 4.79 Å². The van der Waals surface area contributed by atoms with Crippen LogP contribution in [0.5, 0.6) is 5.75 Å². The summed E-state index contributed by atoms with van der Waals surface area (Å²) in [6.45, 7) is 0.282. The average Bonchev–Trinajstić information content (AvgIpc) is 3.25. The molecule has 1 fully saturated rings. The topological polar surface area (TPSA) is 111 Å². The fourth-order valence-corrected chi connectivity index (χ4v) is 4.34. The number of nitrogens with one attached hydrogen (secondary N) is 2. The Morgan fingerprint density at radius 2 is 2.10 bits per heavy atom. The SMILES string of the molecule is N#CC(NC(=O)[C@@H]1CCCC[C@H]1NC(=O)OCCc1cccs1)c1cccc(O)c1. The van der Waals surface area contributed by atoms with Gasteiger partial charge >= 0.3 is 6.09 Å². The number of carbonyl (C=O) groups is 2. The summed E-state index contributed by atoms with van der Waals surface area (Å²) in [4.78, 5) is 26.2. The molecule has 1 unspecified atom stereocenters. The Bertz CT molecular complexity index is 894. The molecule has 0 radical (unpaired) electrons. The lowest BCUT2D eigenvalue weighted by atomic mass is 9.83. The first-order valence-electron chi connectivity index (χ1n) is 10.0. The number of alkyl carbamates (subject to hydrolysis) is 1. The third kappa shape index (κ3) is 5.97. The fourth-order valence-electron chi connectivity index (χ4n) is 3.65. The van der Waals surface area contributed by atoms with E-state index in [0.717, 1.165) is 17.7 Å². The van der Waals surface area contributed by atoms with Crippen LogP contribution < -0.4 is 10.6 Å². The number of phenols is 1. The molecule has 3 N–H and O–H groups in total. The van der Waals surface area contributed by atoms with Crippen molar-refractivity contribution in [1.82, 2.24) is 10.6 Å². The summed E-state index contributed by atoms with van der Waals surface area (Å²) >= 11 is 1.61. The number of ether oxygens (including phenoxy) is 1. The zero-order chi connectivity index (χ0) is 21.3. The molecule has 2 aromatic rings. The van der Waals surface area contributed by atoms with E-state index in [9.17, 15) is 20.0 Å². The summed E-state index contributed by atoms with van der Waals surface area (Å²) in [5.41, 5.74) is 0.513. The van der Waals surface area contributed by atoms with Gasteiger partial charge in [0.15, 0.2) is 0 Å². The molecule has 1 aliphatic rings. The highest BCUT2D eigenvalue weighted by Gasteiger charge is 2.33. The van der Waals surface area contributed by atoms with Gasteiger partial charge in [0.05, 0.1) is 18.6 Å². The van der Waals surface area contributed by atoms with Gasteiger partial charge in [0, 0.05) is 17.3 Å². The molecular weight excluding hydrogens is 402 g/mol. The number of aromatic hydroxyl groups is 1. The minimum absolute atomic E-state index is 0.0319. The van der Waals surface area contributed by atoms with Crippen molar-refractivity contribution in [3.05, 3.63) is 52.2 Å². The largest absolute Gasteiger partial charge is 0.508 e. The number of carbonyl (C=O) groups excluding carboxylic acids is 2. The van der Waals surface area contributed by atoms with E-state index in [0.29, 0.717) is 24.8 Å². The predicted molar refractivity (Wildman–Crippen MR) is 113 cm³/mol. The molecule has 0 bridgehead atoms. The Balaban J connectivity index is 1.55. The third-order valence-electron chi connectivity index (χ3n) is 5.19. The second-order valence-corrected chi connectivity index (χ2v) is 8.30. The zero-order valence-corrected chi connectivity index (χ0v) is 17.4. The molecule has 3 rings (SSSR count). The number of amides is 2. The van der Waals surface area contributed by atoms with Crippen LogP contribution in [-0.2, 0) is 16.0 Å². The van der Waals surface area contributed by atoms with Crippen molar-refractivity contribution in [2.45, 2.75) is 44.2 Å². The van der Waals surface area contributed by atoms with Crippen LogP contribution in [0, 0.1) is 17.2 Å². The summed E-state index contributed by atoms with van der Waals surface area (Å²) in [6, 6.07) is 11.1. The predicted octanol–water partition coefficient (Wildman–Crippen LogP) is 3.66. The number of thiophene rings is 1. The lowest BCUT2D eigenvalue weighted by Gasteiger charge is -2.31. The first-order chi connectivity index (χ1) is 14.6. The van der Waals surface area contributed by atoms with Gasteiger partial charge in [0.1, 0.15) is 11.8 Å². The van der Waals surface area contributed by atoms with Crippen LogP contribution in [0.4, 0.5) is 4.79 Å².